The molecule has 1 N–H and O–H groups in total. The summed E-state index contributed by atoms with van der Waals surface area (Å²) >= 11 is 0. The number of hydrogen-bond acceptors (Lipinski definition) is 3. The average Bonchev–Trinajstić information content (AvgIpc) is 2.48. The molecule has 116 valence electrons. The van der Waals surface area contributed by atoms with Crippen molar-refractivity contribution in [2.75, 3.05) is 13.7 Å². The van der Waals surface area contributed by atoms with E-state index in [-0.39, 0.29) is 18.0 Å². The number of hydrogen-bond donors (Lipinski definition) is 1. The molecule has 0 bridgehead atoms. The Morgan fingerprint density at radius 2 is 1.90 bits per heavy atom. The van der Waals surface area contributed by atoms with Crippen LogP contribution >= 0.6 is 0 Å². The molecular formula is C17H26N2O2. The van der Waals surface area contributed by atoms with Crippen molar-refractivity contribution in [1.82, 2.24) is 10.2 Å². The number of nitrogens with one attached hydrogen (secondary N) is 1. The van der Waals surface area contributed by atoms with E-state index in [0.717, 1.165) is 30.7 Å². The molecule has 0 saturated carbocycles. The van der Waals surface area contributed by atoms with E-state index in [1.807, 2.05) is 29.2 Å². The van der Waals surface area contributed by atoms with Gasteiger partial charge >= 0.3 is 0 Å². The first-order chi connectivity index (χ1) is 10.0. The Morgan fingerprint density at radius 3 is 2.48 bits per heavy atom. The summed E-state index contributed by atoms with van der Waals surface area (Å²) in [5.74, 6) is 1.06. The summed E-state index contributed by atoms with van der Waals surface area (Å²) in [6.07, 6.45) is 1.99. The SMILES string of the molecule is COc1ccc(C(C)N2CCCC(NC(C)C)C2=O)cc1. The molecule has 1 aromatic carbocycles. The summed E-state index contributed by atoms with van der Waals surface area (Å²) in [6.45, 7) is 7.10. The number of ether oxygens (including phenoxy) is 1. The standard InChI is InChI=1S/C17H26N2O2/c1-12(2)18-16-6-5-11-19(17(16)20)13(3)14-7-9-15(21-4)10-8-14/h7-10,12-13,16,18H,5-6,11H2,1-4H3. The van der Waals surface area contributed by atoms with Crippen LogP contribution in [0.25, 0.3) is 0 Å². The third-order valence-corrected chi connectivity index (χ3v) is 4.07. The molecule has 2 unspecified atom stereocenters. The normalized spacial score (nSPS) is 20.7. The largest absolute Gasteiger partial charge is 0.497 e. The van der Waals surface area contributed by atoms with Crippen molar-refractivity contribution < 1.29 is 9.53 Å². The number of methoxy groups -OCH3 is 1. The molecule has 1 saturated heterocycles. The maximum absolute atomic E-state index is 12.6. The molecule has 1 amide bonds. The average molecular weight is 290 g/mol. The van der Waals surface area contributed by atoms with Gasteiger partial charge in [-0.2, -0.15) is 0 Å². The molecule has 2 atom stereocenters. The van der Waals surface area contributed by atoms with Gasteiger partial charge in [-0.15, -0.1) is 0 Å². The first-order valence-corrected chi connectivity index (χ1v) is 7.73. The zero-order valence-electron chi connectivity index (χ0n) is 13.4. The molecule has 0 radical (unpaired) electrons. The van der Waals surface area contributed by atoms with Gasteiger partial charge in [-0.1, -0.05) is 26.0 Å². The van der Waals surface area contributed by atoms with E-state index in [9.17, 15) is 4.79 Å². The van der Waals surface area contributed by atoms with Gasteiger partial charge in [0.05, 0.1) is 19.2 Å². The zero-order chi connectivity index (χ0) is 15.4. The molecule has 1 aromatic rings. The summed E-state index contributed by atoms with van der Waals surface area (Å²) in [5, 5.41) is 3.37. The third kappa shape index (κ3) is 3.76. The Bertz CT molecular complexity index is 470. The first-order valence-electron chi connectivity index (χ1n) is 7.73. The Kier molecular flexibility index (Phi) is 5.23. The second kappa shape index (κ2) is 6.94. The summed E-state index contributed by atoms with van der Waals surface area (Å²) in [5.41, 5.74) is 1.15. The monoisotopic (exact) mass is 290 g/mol. The van der Waals surface area contributed by atoms with Gasteiger partial charge in [0.1, 0.15) is 5.75 Å². The third-order valence-electron chi connectivity index (χ3n) is 4.07. The van der Waals surface area contributed by atoms with Gasteiger partial charge in [-0.3, -0.25) is 4.79 Å². The van der Waals surface area contributed by atoms with Crippen LogP contribution in [0.15, 0.2) is 24.3 Å². The van der Waals surface area contributed by atoms with Crippen molar-refractivity contribution in [2.45, 2.75) is 51.7 Å². The topological polar surface area (TPSA) is 41.6 Å². The van der Waals surface area contributed by atoms with E-state index >= 15 is 0 Å². The molecule has 4 heteroatoms. The van der Waals surface area contributed by atoms with Gasteiger partial charge in [0, 0.05) is 12.6 Å². The van der Waals surface area contributed by atoms with Gasteiger partial charge in [0.15, 0.2) is 0 Å². The highest BCUT2D eigenvalue weighted by molar-refractivity contribution is 5.83. The fraction of sp³-hybridized carbons (Fsp3) is 0.588. The van der Waals surface area contributed by atoms with Gasteiger partial charge < -0.3 is 15.0 Å². The first kappa shape index (κ1) is 15.8. The van der Waals surface area contributed by atoms with Crippen molar-refractivity contribution in [3.8, 4) is 5.75 Å². The Balaban J connectivity index is 2.09. The van der Waals surface area contributed by atoms with Gasteiger partial charge in [-0.05, 0) is 37.5 Å². The van der Waals surface area contributed by atoms with Crippen molar-refractivity contribution >= 4 is 5.91 Å². The Hall–Kier alpha value is -1.55. The fourth-order valence-electron chi connectivity index (χ4n) is 2.90. The number of carbonyl (C=O) groups is 1. The van der Waals surface area contributed by atoms with Crippen LogP contribution in [0.1, 0.15) is 45.2 Å². The van der Waals surface area contributed by atoms with Crippen LogP contribution in [-0.2, 0) is 4.79 Å². The van der Waals surface area contributed by atoms with Gasteiger partial charge in [-0.25, -0.2) is 0 Å². The molecule has 0 aliphatic carbocycles. The van der Waals surface area contributed by atoms with Crippen LogP contribution in [0.2, 0.25) is 0 Å². The van der Waals surface area contributed by atoms with Crippen LogP contribution in [0.4, 0.5) is 0 Å². The zero-order valence-corrected chi connectivity index (χ0v) is 13.4. The molecule has 1 heterocycles. The number of benzene rings is 1. The Morgan fingerprint density at radius 1 is 1.24 bits per heavy atom. The van der Waals surface area contributed by atoms with E-state index in [2.05, 4.69) is 26.1 Å². The van der Waals surface area contributed by atoms with Crippen molar-refractivity contribution in [3.63, 3.8) is 0 Å². The fourth-order valence-corrected chi connectivity index (χ4v) is 2.90. The predicted octanol–water partition coefficient (Wildman–Crippen LogP) is 2.75. The number of piperidine rings is 1. The molecule has 0 aromatic heterocycles. The molecule has 2 rings (SSSR count). The molecular weight excluding hydrogens is 264 g/mol. The van der Waals surface area contributed by atoms with E-state index in [1.54, 1.807) is 7.11 Å². The second-order valence-electron chi connectivity index (χ2n) is 6.00. The molecule has 4 nitrogen and oxygen atoms in total. The molecule has 1 fully saturated rings. The lowest BCUT2D eigenvalue weighted by Gasteiger charge is -2.37. The highest BCUT2D eigenvalue weighted by Crippen LogP contribution is 2.26. The van der Waals surface area contributed by atoms with Gasteiger partial charge in [0.25, 0.3) is 0 Å². The smallest absolute Gasteiger partial charge is 0.240 e. The molecule has 1 aliphatic rings. The molecule has 21 heavy (non-hydrogen) atoms. The number of rotatable bonds is 5. The van der Waals surface area contributed by atoms with E-state index in [0.29, 0.717) is 6.04 Å². The highest BCUT2D eigenvalue weighted by atomic mass is 16.5. The summed E-state index contributed by atoms with van der Waals surface area (Å²) in [4.78, 5) is 14.6. The van der Waals surface area contributed by atoms with Crippen molar-refractivity contribution in [3.05, 3.63) is 29.8 Å². The number of carbonyl (C=O) groups excluding carboxylic acids is 1. The van der Waals surface area contributed by atoms with E-state index < -0.39 is 0 Å². The number of nitrogens with zero attached hydrogens (tertiary/aromatic N) is 1. The van der Waals surface area contributed by atoms with E-state index in [1.165, 1.54) is 0 Å². The maximum Gasteiger partial charge on any atom is 0.240 e. The summed E-state index contributed by atoms with van der Waals surface area (Å²) in [7, 11) is 1.66. The maximum atomic E-state index is 12.6. The van der Waals surface area contributed by atoms with Crippen LogP contribution in [0.5, 0.6) is 5.75 Å². The minimum Gasteiger partial charge on any atom is -0.497 e. The summed E-state index contributed by atoms with van der Waals surface area (Å²) < 4.78 is 5.19. The van der Waals surface area contributed by atoms with Crippen molar-refractivity contribution in [2.24, 2.45) is 0 Å². The lowest BCUT2D eigenvalue weighted by atomic mass is 9.99. The van der Waals surface area contributed by atoms with Gasteiger partial charge in [0.2, 0.25) is 5.91 Å². The molecule has 0 spiro atoms. The lowest BCUT2D eigenvalue weighted by molar-refractivity contribution is -0.138. The minimum absolute atomic E-state index is 0.0422. The predicted molar refractivity (Wildman–Crippen MR) is 84.4 cm³/mol. The van der Waals surface area contributed by atoms with Crippen LogP contribution in [-0.4, -0.2) is 36.5 Å². The lowest BCUT2D eigenvalue weighted by Crippen LogP contribution is -2.52. The molecule has 1 aliphatic heterocycles. The number of amides is 1. The van der Waals surface area contributed by atoms with E-state index in [4.69, 9.17) is 4.74 Å². The van der Waals surface area contributed by atoms with Crippen molar-refractivity contribution in [1.29, 1.82) is 0 Å². The minimum atomic E-state index is -0.0422. The van der Waals surface area contributed by atoms with Crippen LogP contribution in [0, 0.1) is 0 Å². The quantitative estimate of drug-likeness (QED) is 0.906. The van der Waals surface area contributed by atoms with Crippen LogP contribution in [0.3, 0.4) is 0 Å². The Labute approximate surface area is 127 Å². The summed E-state index contributed by atoms with van der Waals surface area (Å²) in [6, 6.07) is 8.36. The number of likely N-dealkylation sites (tertiary alicyclic amines) is 1. The van der Waals surface area contributed by atoms with Crippen LogP contribution < -0.4 is 10.1 Å². The second-order valence-corrected chi connectivity index (χ2v) is 6.00. The highest BCUT2D eigenvalue weighted by Gasteiger charge is 2.32.